The van der Waals surface area contributed by atoms with Crippen LogP contribution in [0.3, 0.4) is 0 Å². The summed E-state index contributed by atoms with van der Waals surface area (Å²) >= 11 is 0. The van der Waals surface area contributed by atoms with E-state index in [2.05, 4.69) is 0 Å². The van der Waals surface area contributed by atoms with Crippen LogP contribution in [0.2, 0.25) is 0 Å². The molecule has 0 aliphatic rings. The summed E-state index contributed by atoms with van der Waals surface area (Å²) in [6, 6.07) is 6.69. The van der Waals surface area contributed by atoms with Crippen molar-refractivity contribution in [2.75, 3.05) is 13.2 Å². The molecule has 0 amide bonds. The van der Waals surface area contributed by atoms with Gasteiger partial charge in [0.1, 0.15) is 12.4 Å². The SMILES string of the molecule is CCOC(=O)c1ccc(OCC(C)(O)C(C)C)cc1. The van der Waals surface area contributed by atoms with Crippen LogP contribution in [-0.2, 0) is 4.74 Å². The lowest BCUT2D eigenvalue weighted by molar-refractivity contribution is -0.0266. The summed E-state index contributed by atoms with van der Waals surface area (Å²) in [5.41, 5.74) is -0.385. The van der Waals surface area contributed by atoms with E-state index in [4.69, 9.17) is 9.47 Å². The molecule has 1 atom stereocenters. The van der Waals surface area contributed by atoms with E-state index in [1.165, 1.54) is 0 Å². The van der Waals surface area contributed by atoms with Crippen LogP contribution < -0.4 is 4.74 Å². The van der Waals surface area contributed by atoms with Crippen molar-refractivity contribution >= 4 is 5.97 Å². The molecule has 1 N–H and O–H groups in total. The van der Waals surface area contributed by atoms with E-state index in [-0.39, 0.29) is 18.5 Å². The Balaban J connectivity index is 2.60. The molecule has 1 aromatic carbocycles. The highest BCUT2D eigenvalue weighted by atomic mass is 16.5. The fourth-order valence-electron chi connectivity index (χ4n) is 1.30. The molecule has 4 nitrogen and oxygen atoms in total. The van der Waals surface area contributed by atoms with Gasteiger partial charge in [0.15, 0.2) is 0 Å². The first-order valence-electron chi connectivity index (χ1n) is 6.49. The van der Waals surface area contributed by atoms with Crippen molar-refractivity contribution in [3.63, 3.8) is 0 Å². The van der Waals surface area contributed by atoms with Crippen molar-refractivity contribution in [1.29, 1.82) is 0 Å². The molecule has 19 heavy (non-hydrogen) atoms. The minimum atomic E-state index is -0.875. The molecule has 1 aromatic rings. The topological polar surface area (TPSA) is 55.8 Å². The van der Waals surface area contributed by atoms with E-state index in [0.717, 1.165) is 0 Å². The number of carbonyl (C=O) groups is 1. The Bertz CT molecular complexity index is 407. The fourth-order valence-corrected chi connectivity index (χ4v) is 1.30. The number of benzene rings is 1. The van der Waals surface area contributed by atoms with Crippen LogP contribution in [0.15, 0.2) is 24.3 Å². The van der Waals surface area contributed by atoms with Gasteiger partial charge >= 0.3 is 5.97 Å². The maximum absolute atomic E-state index is 11.5. The van der Waals surface area contributed by atoms with Crippen molar-refractivity contribution in [2.45, 2.75) is 33.3 Å². The molecule has 1 unspecified atom stereocenters. The van der Waals surface area contributed by atoms with Crippen LogP contribution in [-0.4, -0.2) is 29.9 Å². The Morgan fingerprint density at radius 3 is 2.37 bits per heavy atom. The molecule has 0 fully saturated rings. The van der Waals surface area contributed by atoms with Crippen molar-refractivity contribution in [3.05, 3.63) is 29.8 Å². The van der Waals surface area contributed by atoms with Crippen LogP contribution in [0, 0.1) is 5.92 Å². The quantitative estimate of drug-likeness (QED) is 0.804. The molecule has 106 valence electrons. The first kappa shape index (κ1) is 15.5. The molecular formula is C15H22O4. The van der Waals surface area contributed by atoms with Gasteiger partial charge in [-0.2, -0.15) is 0 Å². The number of hydrogen-bond donors (Lipinski definition) is 1. The number of aliphatic hydroxyl groups is 1. The molecule has 0 aliphatic carbocycles. The summed E-state index contributed by atoms with van der Waals surface area (Å²) in [5, 5.41) is 10.1. The smallest absolute Gasteiger partial charge is 0.338 e. The first-order chi connectivity index (χ1) is 8.86. The molecule has 0 saturated heterocycles. The van der Waals surface area contributed by atoms with Crippen LogP contribution in [0.1, 0.15) is 38.1 Å². The van der Waals surface area contributed by atoms with E-state index in [0.29, 0.717) is 17.9 Å². The van der Waals surface area contributed by atoms with Crippen molar-refractivity contribution < 1.29 is 19.4 Å². The zero-order chi connectivity index (χ0) is 14.5. The standard InChI is InChI=1S/C15H22O4/c1-5-18-14(16)12-6-8-13(9-7-12)19-10-15(4,17)11(2)3/h6-9,11,17H,5,10H2,1-4H3. The number of esters is 1. The summed E-state index contributed by atoms with van der Waals surface area (Å²) in [4.78, 5) is 11.5. The van der Waals surface area contributed by atoms with E-state index in [1.807, 2.05) is 13.8 Å². The average molecular weight is 266 g/mol. The highest BCUT2D eigenvalue weighted by Gasteiger charge is 2.25. The summed E-state index contributed by atoms with van der Waals surface area (Å²) < 4.78 is 10.4. The van der Waals surface area contributed by atoms with Gasteiger partial charge in [-0.15, -0.1) is 0 Å². The van der Waals surface area contributed by atoms with Gasteiger partial charge in [-0.3, -0.25) is 0 Å². The fraction of sp³-hybridized carbons (Fsp3) is 0.533. The van der Waals surface area contributed by atoms with Gasteiger partial charge < -0.3 is 14.6 Å². The highest BCUT2D eigenvalue weighted by molar-refractivity contribution is 5.89. The predicted molar refractivity (Wildman–Crippen MR) is 73.4 cm³/mol. The third-order valence-corrected chi connectivity index (χ3v) is 3.14. The summed E-state index contributed by atoms with van der Waals surface area (Å²) in [6.07, 6.45) is 0. The summed E-state index contributed by atoms with van der Waals surface area (Å²) in [7, 11) is 0. The van der Waals surface area contributed by atoms with E-state index < -0.39 is 5.60 Å². The minimum absolute atomic E-state index is 0.103. The summed E-state index contributed by atoms with van der Waals surface area (Å²) in [6.45, 7) is 7.95. The predicted octanol–water partition coefficient (Wildman–Crippen LogP) is 2.65. The lowest BCUT2D eigenvalue weighted by atomic mass is 9.94. The normalized spacial score (nSPS) is 14.0. The number of ether oxygens (including phenoxy) is 2. The zero-order valence-electron chi connectivity index (χ0n) is 12.0. The van der Waals surface area contributed by atoms with Crippen molar-refractivity contribution in [3.8, 4) is 5.75 Å². The molecule has 0 aromatic heterocycles. The molecule has 4 heteroatoms. The number of hydrogen-bond acceptors (Lipinski definition) is 4. The van der Waals surface area contributed by atoms with Crippen LogP contribution >= 0.6 is 0 Å². The van der Waals surface area contributed by atoms with Crippen LogP contribution in [0.25, 0.3) is 0 Å². The first-order valence-corrected chi connectivity index (χ1v) is 6.49. The Hall–Kier alpha value is -1.55. The Morgan fingerprint density at radius 2 is 1.89 bits per heavy atom. The van der Waals surface area contributed by atoms with Gasteiger partial charge in [-0.25, -0.2) is 4.79 Å². The van der Waals surface area contributed by atoms with Gasteiger partial charge in [0, 0.05) is 0 Å². The van der Waals surface area contributed by atoms with Crippen molar-refractivity contribution in [1.82, 2.24) is 0 Å². The third kappa shape index (κ3) is 4.56. The van der Waals surface area contributed by atoms with Gasteiger partial charge in [0.05, 0.1) is 17.8 Å². The van der Waals surface area contributed by atoms with E-state index in [1.54, 1.807) is 38.1 Å². The second-order valence-corrected chi connectivity index (χ2v) is 5.05. The Labute approximate surface area is 114 Å². The van der Waals surface area contributed by atoms with Crippen LogP contribution in [0.5, 0.6) is 5.75 Å². The molecule has 0 aliphatic heterocycles. The second-order valence-electron chi connectivity index (χ2n) is 5.05. The Kier molecular flexibility index (Phi) is 5.36. The largest absolute Gasteiger partial charge is 0.491 e. The van der Waals surface area contributed by atoms with E-state index in [9.17, 15) is 9.90 Å². The minimum Gasteiger partial charge on any atom is -0.491 e. The number of carbonyl (C=O) groups excluding carboxylic acids is 1. The lowest BCUT2D eigenvalue weighted by Gasteiger charge is -2.27. The molecule has 1 rings (SSSR count). The molecule has 0 radical (unpaired) electrons. The van der Waals surface area contributed by atoms with E-state index >= 15 is 0 Å². The lowest BCUT2D eigenvalue weighted by Crippen LogP contribution is -2.37. The summed E-state index contributed by atoms with van der Waals surface area (Å²) in [5.74, 6) is 0.378. The van der Waals surface area contributed by atoms with Gasteiger partial charge in [-0.05, 0) is 44.0 Å². The monoisotopic (exact) mass is 266 g/mol. The molecule has 0 saturated carbocycles. The highest BCUT2D eigenvalue weighted by Crippen LogP contribution is 2.19. The average Bonchev–Trinajstić information content (AvgIpc) is 2.37. The van der Waals surface area contributed by atoms with Gasteiger partial charge in [-0.1, -0.05) is 13.8 Å². The van der Waals surface area contributed by atoms with Gasteiger partial charge in [0.2, 0.25) is 0 Å². The van der Waals surface area contributed by atoms with Crippen molar-refractivity contribution in [2.24, 2.45) is 5.92 Å². The third-order valence-electron chi connectivity index (χ3n) is 3.14. The maximum Gasteiger partial charge on any atom is 0.338 e. The maximum atomic E-state index is 11.5. The molecular weight excluding hydrogens is 244 g/mol. The van der Waals surface area contributed by atoms with Gasteiger partial charge in [0.25, 0.3) is 0 Å². The molecule has 0 bridgehead atoms. The van der Waals surface area contributed by atoms with Crippen LogP contribution in [0.4, 0.5) is 0 Å². The number of rotatable bonds is 6. The Morgan fingerprint density at radius 1 is 1.32 bits per heavy atom. The zero-order valence-corrected chi connectivity index (χ0v) is 12.0. The molecule has 0 spiro atoms. The molecule has 0 heterocycles. The second kappa shape index (κ2) is 6.57.